The molecule has 3 N–H and O–H groups in total. The summed E-state index contributed by atoms with van der Waals surface area (Å²) in [5.41, 5.74) is 7.79. The maximum atomic E-state index is 12.4. The molecular weight excluding hydrogens is 352 g/mol. The first kappa shape index (κ1) is 15.9. The number of hydrogen-bond donors (Lipinski definition) is 2. The van der Waals surface area contributed by atoms with E-state index in [0.29, 0.717) is 15.8 Å². The van der Waals surface area contributed by atoms with Crippen molar-refractivity contribution in [3.63, 3.8) is 0 Å². The van der Waals surface area contributed by atoms with Gasteiger partial charge in [-0.05, 0) is 52.2 Å². The van der Waals surface area contributed by atoms with Gasteiger partial charge in [0.2, 0.25) is 0 Å². The van der Waals surface area contributed by atoms with Gasteiger partial charge in [0.15, 0.2) is 0 Å². The third kappa shape index (κ3) is 3.77. The molecule has 0 bridgehead atoms. The van der Waals surface area contributed by atoms with E-state index in [1.807, 2.05) is 18.2 Å². The second kappa shape index (κ2) is 6.49. The van der Waals surface area contributed by atoms with Gasteiger partial charge in [-0.3, -0.25) is 4.72 Å². The molecule has 2 aromatic carbocycles. The summed E-state index contributed by atoms with van der Waals surface area (Å²) >= 11 is 3.25. The molecule has 112 valence electrons. The highest BCUT2D eigenvalue weighted by Crippen LogP contribution is 2.26. The van der Waals surface area contributed by atoms with Crippen molar-refractivity contribution in [1.82, 2.24) is 0 Å². The zero-order valence-electron chi connectivity index (χ0n) is 11.6. The molecule has 2 aromatic rings. The van der Waals surface area contributed by atoms with Crippen LogP contribution in [0.1, 0.15) is 18.9 Å². The van der Waals surface area contributed by atoms with Gasteiger partial charge < -0.3 is 5.73 Å². The largest absolute Gasteiger partial charge is 0.398 e. The Morgan fingerprint density at radius 1 is 1.19 bits per heavy atom. The number of sulfonamides is 1. The maximum absolute atomic E-state index is 12.4. The van der Waals surface area contributed by atoms with E-state index in [-0.39, 0.29) is 4.90 Å². The van der Waals surface area contributed by atoms with Crippen LogP contribution in [0.15, 0.2) is 51.8 Å². The summed E-state index contributed by atoms with van der Waals surface area (Å²) in [5, 5.41) is 0. The monoisotopic (exact) mass is 368 g/mol. The average molecular weight is 369 g/mol. The summed E-state index contributed by atoms with van der Waals surface area (Å²) in [6.07, 6.45) is 1.77. The molecule has 0 heterocycles. The lowest BCUT2D eigenvalue weighted by Crippen LogP contribution is -2.14. The molecule has 0 amide bonds. The number of rotatable bonds is 5. The fourth-order valence-corrected chi connectivity index (χ4v) is 3.64. The van der Waals surface area contributed by atoms with Crippen LogP contribution in [0.4, 0.5) is 11.4 Å². The van der Waals surface area contributed by atoms with Gasteiger partial charge in [-0.2, -0.15) is 0 Å². The van der Waals surface area contributed by atoms with Crippen molar-refractivity contribution in [2.75, 3.05) is 10.5 Å². The van der Waals surface area contributed by atoms with E-state index in [2.05, 4.69) is 27.6 Å². The van der Waals surface area contributed by atoms with Gasteiger partial charge in [-0.15, -0.1) is 0 Å². The molecule has 0 saturated carbocycles. The highest BCUT2D eigenvalue weighted by Gasteiger charge is 2.16. The first-order chi connectivity index (χ1) is 9.94. The number of hydrogen-bond acceptors (Lipinski definition) is 3. The molecule has 6 heteroatoms. The SMILES string of the molecule is CCCc1ccccc1NS(=O)(=O)c1ccc(N)c(Br)c1. The Hall–Kier alpha value is -1.53. The Morgan fingerprint density at radius 2 is 1.90 bits per heavy atom. The smallest absolute Gasteiger partial charge is 0.261 e. The molecule has 0 atom stereocenters. The van der Waals surface area contributed by atoms with Gasteiger partial charge in [0.1, 0.15) is 0 Å². The lowest BCUT2D eigenvalue weighted by Gasteiger charge is -2.12. The fraction of sp³-hybridized carbons (Fsp3) is 0.200. The Balaban J connectivity index is 2.35. The number of nitrogen functional groups attached to an aromatic ring is 1. The third-order valence-corrected chi connectivity index (χ3v) is 5.11. The van der Waals surface area contributed by atoms with Gasteiger partial charge in [-0.1, -0.05) is 31.5 Å². The first-order valence-electron chi connectivity index (χ1n) is 6.60. The molecule has 0 aromatic heterocycles. The van der Waals surface area contributed by atoms with Crippen molar-refractivity contribution in [3.8, 4) is 0 Å². The van der Waals surface area contributed by atoms with Gasteiger partial charge >= 0.3 is 0 Å². The summed E-state index contributed by atoms with van der Waals surface area (Å²) in [5.74, 6) is 0. The van der Waals surface area contributed by atoms with Gasteiger partial charge in [-0.25, -0.2) is 8.42 Å². The Morgan fingerprint density at radius 3 is 2.57 bits per heavy atom. The number of benzene rings is 2. The summed E-state index contributed by atoms with van der Waals surface area (Å²) in [6, 6.07) is 12.0. The topological polar surface area (TPSA) is 72.2 Å². The first-order valence-corrected chi connectivity index (χ1v) is 8.87. The van der Waals surface area contributed by atoms with Gasteiger partial charge in [0.05, 0.1) is 10.6 Å². The zero-order valence-corrected chi connectivity index (χ0v) is 14.0. The molecule has 0 aliphatic carbocycles. The molecule has 0 aliphatic heterocycles. The van der Waals surface area contributed by atoms with Crippen LogP contribution < -0.4 is 10.5 Å². The van der Waals surface area contributed by atoms with E-state index in [1.54, 1.807) is 12.1 Å². The normalized spacial score (nSPS) is 11.3. The van der Waals surface area contributed by atoms with Crippen molar-refractivity contribution in [1.29, 1.82) is 0 Å². The van der Waals surface area contributed by atoms with Crippen LogP contribution in [0.5, 0.6) is 0 Å². The number of halogens is 1. The lowest BCUT2D eigenvalue weighted by molar-refractivity contribution is 0.601. The van der Waals surface area contributed by atoms with Crippen molar-refractivity contribution in [2.45, 2.75) is 24.7 Å². The van der Waals surface area contributed by atoms with Crippen LogP contribution in [0, 0.1) is 0 Å². The number of para-hydroxylation sites is 1. The standard InChI is InChI=1S/C15H17BrN2O2S/c1-2-5-11-6-3-4-7-15(11)18-21(19,20)12-8-9-14(17)13(16)10-12/h3-4,6-10,18H,2,5,17H2,1H3. The number of nitrogens with one attached hydrogen (secondary N) is 1. The average Bonchev–Trinajstić information content (AvgIpc) is 2.44. The second-order valence-corrected chi connectivity index (χ2v) is 7.23. The minimum Gasteiger partial charge on any atom is -0.398 e. The van der Waals surface area contributed by atoms with Gasteiger partial charge in [0.25, 0.3) is 10.0 Å². The van der Waals surface area contributed by atoms with Gasteiger partial charge in [0, 0.05) is 10.2 Å². The van der Waals surface area contributed by atoms with Crippen molar-refractivity contribution in [3.05, 3.63) is 52.5 Å². The molecule has 21 heavy (non-hydrogen) atoms. The lowest BCUT2D eigenvalue weighted by atomic mass is 10.1. The summed E-state index contributed by atoms with van der Waals surface area (Å²) in [7, 11) is -3.63. The molecule has 2 rings (SSSR count). The molecular formula is C15H17BrN2O2S. The van der Waals surface area contributed by atoms with Crippen LogP contribution in [-0.4, -0.2) is 8.42 Å². The molecule has 0 spiro atoms. The summed E-state index contributed by atoms with van der Waals surface area (Å²) in [6.45, 7) is 2.06. The highest BCUT2D eigenvalue weighted by atomic mass is 79.9. The third-order valence-electron chi connectivity index (χ3n) is 3.06. The van der Waals surface area contributed by atoms with E-state index >= 15 is 0 Å². The molecule has 0 saturated heterocycles. The number of nitrogens with two attached hydrogens (primary N) is 1. The van der Waals surface area contributed by atoms with Crippen LogP contribution in [0.2, 0.25) is 0 Å². The molecule has 0 aliphatic rings. The van der Waals surface area contributed by atoms with E-state index < -0.39 is 10.0 Å². The van der Waals surface area contributed by atoms with Crippen LogP contribution >= 0.6 is 15.9 Å². The van der Waals surface area contributed by atoms with E-state index in [1.165, 1.54) is 12.1 Å². The predicted molar refractivity (Wildman–Crippen MR) is 89.8 cm³/mol. The molecule has 0 radical (unpaired) electrons. The van der Waals surface area contributed by atoms with Crippen LogP contribution in [0.3, 0.4) is 0 Å². The molecule has 0 unspecified atom stereocenters. The Labute approximate surface area is 133 Å². The van der Waals surface area contributed by atoms with Crippen molar-refractivity contribution in [2.24, 2.45) is 0 Å². The van der Waals surface area contributed by atoms with E-state index in [9.17, 15) is 8.42 Å². The van der Waals surface area contributed by atoms with Crippen LogP contribution in [0.25, 0.3) is 0 Å². The molecule has 0 fully saturated rings. The quantitative estimate of drug-likeness (QED) is 0.788. The Kier molecular flexibility index (Phi) is 4.90. The highest BCUT2D eigenvalue weighted by molar-refractivity contribution is 9.10. The van der Waals surface area contributed by atoms with Crippen molar-refractivity contribution < 1.29 is 8.42 Å². The van der Waals surface area contributed by atoms with Crippen LogP contribution in [-0.2, 0) is 16.4 Å². The van der Waals surface area contributed by atoms with E-state index in [0.717, 1.165) is 18.4 Å². The molecule has 4 nitrogen and oxygen atoms in total. The predicted octanol–water partition coefficient (Wildman–Crippen LogP) is 3.78. The number of aryl methyl sites for hydroxylation is 1. The van der Waals surface area contributed by atoms with E-state index in [4.69, 9.17) is 5.73 Å². The summed E-state index contributed by atoms with van der Waals surface area (Å²) in [4.78, 5) is 0.176. The number of anilines is 2. The fourth-order valence-electron chi connectivity index (χ4n) is 1.99. The minimum absolute atomic E-state index is 0.176. The second-order valence-electron chi connectivity index (χ2n) is 4.70. The zero-order chi connectivity index (χ0) is 15.5. The maximum Gasteiger partial charge on any atom is 0.261 e. The Bertz CT molecular complexity index is 745. The minimum atomic E-state index is -3.63. The van der Waals surface area contributed by atoms with Crippen molar-refractivity contribution >= 4 is 37.3 Å². The summed E-state index contributed by atoms with van der Waals surface area (Å²) < 4.78 is 28.1.